The van der Waals surface area contributed by atoms with Crippen LogP contribution in [0.2, 0.25) is 5.02 Å². The Morgan fingerprint density at radius 1 is 1.53 bits per heavy atom. The molecular formula is C12H13ClN4OS. The summed E-state index contributed by atoms with van der Waals surface area (Å²) in [5.74, 6) is 1.28. The number of hydrogen-bond acceptors (Lipinski definition) is 4. The monoisotopic (exact) mass is 296 g/mol. The fourth-order valence-electron chi connectivity index (χ4n) is 1.63. The Balaban J connectivity index is 2.19. The molecule has 0 bridgehead atoms. The van der Waals surface area contributed by atoms with Gasteiger partial charge in [-0.15, -0.1) is 0 Å². The molecule has 19 heavy (non-hydrogen) atoms. The van der Waals surface area contributed by atoms with E-state index >= 15 is 0 Å². The van der Waals surface area contributed by atoms with Gasteiger partial charge in [-0.1, -0.05) is 23.8 Å². The van der Waals surface area contributed by atoms with Gasteiger partial charge in [0.25, 0.3) is 0 Å². The zero-order valence-corrected chi connectivity index (χ0v) is 11.9. The molecule has 1 aromatic heterocycles. The van der Waals surface area contributed by atoms with Crippen LogP contribution in [-0.4, -0.2) is 19.8 Å². The fourth-order valence-corrected chi connectivity index (χ4v) is 1.96. The van der Waals surface area contributed by atoms with Crippen molar-refractivity contribution >= 4 is 28.8 Å². The number of nitrogens with two attached hydrogens (primary N) is 1. The van der Waals surface area contributed by atoms with Gasteiger partial charge in [-0.3, -0.25) is 0 Å². The molecule has 0 aliphatic carbocycles. The molecule has 5 nitrogen and oxygen atoms in total. The molecule has 0 spiro atoms. The summed E-state index contributed by atoms with van der Waals surface area (Å²) in [4.78, 5) is 4.40. The molecule has 2 rings (SSSR count). The van der Waals surface area contributed by atoms with Gasteiger partial charge < -0.3 is 10.5 Å². The number of halogens is 1. The van der Waals surface area contributed by atoms with Gasteiger partial charge in [-0.05, 0) is 25.1 Å². The number of aromatic nitrogens is 3. The van der Waals surface area contributed by atoms with E-state index in [-0.39, 0.29) is 11.6 Å². The molecule has 1 heterocycles. The Hall–Kier alpha value is -1.66. The van der Waals surface area contributed by atoms with Gasteiger partial charge in [-0.25, -0.2) is 9.67 Å². The second kappa shape index (κ2) is 5.99. The molecule has 100 valence electrons. The largest absolute Gasteiger partial charge is 0.485 e. The number of ether oxygens (including phenoxy) is 1. The van der Waals surface area contributed by atoms with Gasteiger partial charge in [0.2, 0.25) is 0 Å². The van der Waals surface area contributed by atoms with Crippen LogP contribution < -0.4 is 10.5 Å². The molecular weight excluding hydrogens is 284 g/mol. The summed E-state index contributed by atoms with van der Waals surface area (Å²) in [6, 6.07) is 5.14. The van der Waals surface area contributed by atoms with E-state index in [4.69, 9.17) is 34.3 Å². The molecule has 0 radical (unpaired) electrons. The molecule has 7 heteroatoms. The molecule has 0 saturated carbocycles. The normalized spacial score (nSPS) is 10.4. The topological polar surface area (TPSA) is 66.0 Å². The van der Waals surface area contributed by atoms with E-state index in [9.17, 15) is 0 Å². The van der Waals surface area contributed by atoms with E-state index in [0.717, 1.165) is 12.4 Å². The van der Waals surface area contributed by atoms with Crippen molar-refractivity contribution in [3.63, 3.8) is 0 Å². The van der Waals surface area contributed by atoms with Crippen LogP contribution >= 0.6 is 23.8 Å². The molecule has 0 unspecified atom stereocenters. The van der Waals surface area contributed by atoms with Crippen LogP contribution in [0.15, 0.2) is 24.5 Å². The number of hydrogen-bond donors (Lipinski definition) is 1. The lowest BCUT2D eigenvalue weighted by molar-refractivity contribution is 0.287. The van der Waals surface area contributed by atoms with Crippen molar-refractivity contribution in [3.8, 4) is 5.75 Å². The standard InChI is InChI=1S/C12H13ClN4OS/c1-2-17-11(15-7-16-17)6-18-10-5-8(13)3-4-9(10)12(14)19/h3-5,7H,2,6H2,1H3,(H2,14,19). The van der Waals surface area contributed by atoms with Gasteiger partial charge in [0, 0.05) is 11.6 Å². The Labute approximate surface area is 121 Å². The summed E-state index contributed by atoms with van der Waals surface area (Å²) in [7, 11) is 0. The van der Waals surface area contributed by atoms with Gasteiger partial charge in [0.1, 0.15) is 23.7 Å². The summed E-state index contributed by atoms with van der Waals surface area (Å²) < 4.78 is 7.45. The third-order valence-corrected chi connectivity index (χ3v) is 3.02. The van der Waals surface area contributed by atoms with E-state index in [2.05, 4.69) is 10.1 Å². The Kier molecular flexibility index (Phi) is 4.34. The van der Waals surface area contributed by atoms with Crippen LogP contribution in [-0.2, 0) is 13.2 Å². The summed E-state index contributed by atoms with van der Waals surface area (Å²) in [5.41, 5.74) is 6.30. The van der Waals surface area contributed by atoms with Crippen LogP contribution in [0, 0.1) is 0 Å². The molecule has 1 aromatic carbocycles. The third kappa shape index (κ3) is 3.21. The first-order chi connectivity index (χ1) is 9.11. The van der Waals surface area contributed by atoms with Crippen molar-refractivity contribution in [2.24, 2.45) is 5.73 Å². The maximum Gasteiger partial charge on any atom is 0.164 e. The minimum atomic E-state index is 0.267. The predicted molar refractivity (Wildman–Crippen MR) is 77.4 cm³/mol. The van der Waals surface area contributed by atoms with Crippen molar-refractivity contribution in [3.05, 3.63) is 40.9 Å². The highest BCUT2D eigenvalue weighted by Crippen LogP contribution is 2.24. The summed E-state index contributed by atoms with van der Waals surface area (Å²) >= 11 is 10.9. The minimum Gasteiger partial charge on any atom is -0.485 e. The second-order valence-electron chi connectivity index (χ2n) is 3.79. The lowest BCUT2D eigenvalue weighted by atomic mass is 10.2. The molecule has 0 aliphatic rings. The van der Waals surface area contributed by atoms with Gasteiger partial charge in [0.05, 0.1) is 5.56 Å². The molecule has 0 fully saturated rings. The first-order valence-corrected chi connectivity index (χ1v) is 6.49. The zero-order chi connectivity index (χ0) is 13.8. The highest BCUT2D eigenvalue weighted by Gasteiger charge is 2.09. The summed E-state index contributed by atoms with van der Waals surface area (Å²) in [6.07, 6.45) is 1.49. The van der Waals surface area contributed by atoms with Gasteiger partial charge >= 0.3 is 0 Å². The smallest absolute Gasteiger partial charge is 0.164 e. The molecule has 0 atom stereocenters. The average molecular weight is 297 g/mol. The lowest BCUT2D eigenvalue weighted by Crippen LogP contribution is -2.13. The van der Waals surface area contributed by atoms with Crippen molar-refractivity contribution in [1.29, 1.82) is 0 Å². The van der Waals surface area contributed by atoms with Crippen molar-refractivity contribution in [1.82, 2.24) is 14.8 Å². The summed E-state index contributed by atoms with van der Waals surface area (Å²) in [5, 5.41) is 4.63. The number of benzene rings is 1. The van der Waals surface area contributed by atoms with Crippen molar-refractivity contribution in [2.75, 3.05) is 0 Å². The van der Waals surface area contributed by atoms with Crippen LogP contribution in [0.3, 0.4) is 0 Å². The zero-order valence-electron chi connectivity index (χ0n) is 10.3. The Bertz CT molecular complexity index is 599. The van der Waals surface area contributed by atoms with Crippen molar-refractivity contribution < 1.29 is 4.74 Å². The summed E-state index contributed by atoms with van der Waals surface area (Å²) in [6.45, 7) is 3.00. The van der Waals surface area contributed by atoms with Crippen LogP contribution in [0.5, 0.6) is 5.75 Å². The van der Waals surface area contributed by atoms with Crippen molar-refractivity contribution in [2.45, 2.75) is 20.1 Å². The highest BCUT2D eigenvalue weighted by atomic mass is 35.5. The minimum absolute atomic E-state index is 0.267. The number of thiocarbonyl (C=S) groups is 1. The van der Waals surface area contributed by atoms with E-state index in [1.807, 2.05) is 6.92 Å². The van der Waals surface area contributed by atoms with Gasteiger partial charge in [0.15, 0.2) is 5.82 Å². The number of rotatable bonds is 5. The molecule has 2 N–H and O–H groups in total. The van der Waals surface area contributed by atoms with E-state index in [0.29, 0.717) is 16.3 Å². The van der Waals surface area contributed by atoms with E-state index in [1.165, 1.54) is 6.33 Å². The SMILES string of the molecule is CCn1ncnc1COc1cc(Cl)ccc1C(N)=S. The third-order valence-electron chi connectivity index (χ3n) is 2.56. The van der Waals surface area contributed by atoms with E-state index in [1.54, 1.807) is 22.9 Å². The highest BCUT2D eigenvalue weighted by molar-refractivity contribution is 7.80. The average Bonchev–Trinajstić information content (AvgIpc) is 2.83. The number of aryl methyl sites for hydroxylation is 1. The first-order valence-electron chi connectivity index (χ1n) is 5.70. The van der Waals surface area contributed by atoms with Gasteiger partial charge in [-0.2, -0.15) is 5.10 Å². The maximum absolute atomic E-state index is 5.94. The van der Waals surface area contributed by atoms with Crippen LogP contribution in [0.25, 0.3) is 0 Å². The predicted octanol–water partition coefficient (Wildman–Crippen LogP) is 2.16. The second-order valence-corrected chi connectivity index (χ2v) is 4.66. The Morgan fingerprint density at radius 3 is 3.00 bits per heavy atom. The molecule has 0 aliphatic heterocycles. The Morgan fingerprint density at radius 2 is 2.32 bits per heavy atom. The number of nitrogens with zero attached hydrogens (tertiary/aromatic N) is 3. The first kappa shape index (κ1) is 13.8. The van der Waals surface area contributed by atoms with E-state index < -0.39 is 0 Å². The molecule has 0 amide bonds. The quantitative estimate of drug-likeness (QED) is 0.857. The lowest BCUT2D eigenvalue weighted by Gasteiger charge is -2.11. The van der Waals surface area contributed by atoms with Crippen LogP contribution in [0.1, 0.15) is 18.3 Å². The van der Waals surface area contributed by atoms with Crippen LogP contribution in [0.4, 0.5) is 0 Å². The molecule has 2 aromatic rings. The maximum atomic E-state index is 5.94. The fraction of sp³-hybridized carbons (Fsp3) is 0.250. The molecule has 0 saturated heterocycles.